The van der Waals surface area contributed by atoms with E-state index in [4.69, 9.17) is 0 Å². The van der Waals surface area contributed by atoms with E-state index in [0.717, 1.165) is 22.4 Å². The third-order valence-corrected chi connectivity index (χ3v) is 4.17. The lowest BCUT2D eigenvalue weighted by molar-refractivity contribution is -0.127. The van der Waals surface area contributed by atoms with Gasteiger partial charge in [0.25, 0.3) is 5.91 Å². The van der Waals surface area contributed by atoms with E-state index in [-0.39, 0.29) is 12.1 Å². The van der Waals surface area contributed by atoms with Crippen LogP contribution in [0.15, 0.2) is 71.8 Å². The molecule has 0 unspecified atom stereocenters. The van der Waals surface area contributed by atoms with Crippen LogP contribution in [-0.2, 0) is 11.3 Å². The van der Waals surface area contributed by atoms with Crippen molar-refractivity contribution in [1.82, 2.24) is 4.90 Å². The first-order valence-corrected chi connectivity index (χ1v) is 7.50. The zero-order chi connectivity index (χ0) is 15.5. The number of hydrogen-bond acceptors (Lipinski definition) is 2. The maximum absolute atomic E-state index is 12.5. The highest BCUT2D eigenvalue weighted by Gasteiger charge is 2.34. The SMILES string of the molecule is CC1=C(C)[C@@H](Nc2ccccc2)N(Cc2ccccc2)C1=O. The zero-order valence-corrected chi connectivity index (χ0v) is 12.9. The number of rotatable bonds is 4. The second-order valence-electron chi connectivity index (χ2n) is 5.64. The van der Waals surface area contributed by atoms with Gasteiger partial charge in [0, 0.05) is 17.8 Å². The van der Waals surface area contributed by atoms with Crippen molar-refractivity contribution in [3.63, 3.8) is 0 Å². The van der Waals surface area contributed by atoms with Crippen LogP contribution >= 0.6 is 0 Å². The van der Waals surface area contributed by atoms with Gasteiger partial charge in [-0.15, -0.1) is 0 Å². The highest BCUT2D eigenvalue weighted by Crippen LogP contribution is 2.28. The summed E-state index contributed by atoms with van der Waals surface area (Å²) in [5, 5.41) is 3.47. The van der Waals surface area contributed by atoms with E-state index in [1.165, 1.54) is 0 Å². The molecule has 0 saturated carbocycles. The van der Waals surface area contributed by atoms with Crippen molar-refractivity contribution in [2.45, 2.75) is 26.6 Å². The summed E-state index contributed by atoms with van der Waals surface area (Å²) in [4.78, 5) is 14.4. The van der Waals surface area contributed by atoms with Crippen molar-refractivity contribution >= 4 is 11.6 Å². The Morgan fingerprint density at radius 2 is 1.55 bits per heavy atom. The Kier molecular flexibility index (Phi) is 3.96. The number of carbonyl (C=O) groups is 1. The molecule has 2 aromatic carbocycles. The van der Waals surface area contributed by atoms with E-state index in [1.54, 1.807) is 0 Å². The molecule has 3 rings (SSSR count). The van der Waals surface area contributed by atoms with Crippen LogP contribution in [0.4, 0.5) is 5.69 Å². The van der Waals surface area contributed by atoms with Gasteiger partial charge in [0.1, 0.15) is 6.17 Å². The standard InChI is InChI=1S/C19H20N2O/c1-14-15(2)19(22)21(13-16-9-5-3-6-10-16)18(14)20-17-11-7-4-8-12-17/h3-12,18,20H,13H2,1-2H3/t18-/m0/s1. The summed E-state index contributed by atoms with van der Waals surface area (Å²) in [7, 11) is 0. The van der Waals surface area contributed by atoms with Crippen molar-refractivity contribution in [2.75, 3.05) is 5.32 Å². The van der Waals surface area contributed by atoms with Gasteiger partial charge in [-0.3, -0.25) is 4.79 Å². The predicted molar refractivity (Wildman–Crippen MR) is 89.2 cm³/mol. The Hall–Kier alpha value is -2.55. The summed E-state index contributed by atoms with van der Waals surface area (Å²) in [5.41, 5.74) is 4.08. The Labute approximate surface area is 131 Å². The van der Waals surface area contributed by atoms with E-state index in [1.807, 2.05) is 67.3 Å². The Morgan fingerprint density at radius 3 is 2.18 bits per heavy atom. The first-order valence-electron chi connectivity index (χ1n) is 7.50. The third-order valence-electron chi connectivity index (χ3n) is 4.17. The summed E-state index contributed by atoms with van der Waals surface area (Å²) in [5.74, 6) is 0.106. The van der Waals surface area contributed by atoms with Crippen LogP contribution in [0.1, 0.15) is 19.4 Å². The number of anilines is 1. The molecule has 0 aliphatic carbocycles. The van der Waals surface area contributed by atoms with E-state index < -0.39 is 0 Å². The normalized spacial score (nSPS) is 18.0. The van der Waals surface area contributed by atoms with Gasteiger partial charge >= 0.3 is 0 Å². The molecule has 1 amide bonds. The average Bonchev–Trinajstić information content (AvgIpc) is 2.75. The van der Waals surface area contributed by atoms with Crippen molar-refractivity contribution in [3.8, 4) is 0 Å². The van der Waals surface area contributed by atoms with Crippen LogP contribution in [-0.4, -0.2) is 17.0 Å². The topological polar surface area (TPSA) is 32.3 Å². The van der Waals surface area contributed by atoms with Crippen molar-refractivity contribution in [1.29, 1.82) is 0 Å². The van der Waals surface area contributed by atoms with Gasteiger partial charge in [-0.25, -0.2) is 0 Å². The first kappa shape index (κ1) is 14.4. The first-order chi connectivity index (χ1) is 10.7. The van der Waals surface area contributed by atoms with Gasteiger partial charge in [-0.05, 0) is 37.1 Å². The molecule has 1 aliphatic heterocycles. The minimum Gasteiger partial charge on any atom is -0.362 e. The third kappa shape index (κ3) is 2.75. The summed E-state index contributed by atoms with van der Waals surface area (Å²) in [6, 6.07) is 20.1. The molecule has 0 aromatic heterocycles. The fraction of sp³-hybridized carbons (Fsp3) is 0.211. The van der Waals surface area contributed by atoms with Gasteiger partial charge in [0.05, 0.1) is 0 Å². The molecule has 0 saturated heterocycles. The lowest BCUT2D eigenvalue weighted by Crippen LogP contribution is -2.40. The van der Waals surface area contributed by atoms with Gasteiger partial charge in [-0.1, -0.05) is 48.5 Å². The molecular formula is C19H20N2O. The lowest BCUT2D eigenvalue weighted by Gasteiger charge is -2.28. The Balaban J connectivity index is 1.85. The molecule has 112 valence electrons. The largest absolute Gasteiger partial charge is 0.362 e. The molecular weight excluding hydrogens is 272 g/mol. The molecule has 0 bridgehead atoms. The summed E-state index contributed by atoms with van der Waals surface area (Å²) in [6.45, 7) is 4.54. The summed E-state index contributed by atoms with van der Waals surface area (Å²) in [6.07, 6.45) is -0.0879. The number of nitrogens with one attached hydrogen (secondary N) is 1. The molecule has 0 radical (unpaired) electrons. The molecule has 1 aliphatic rings. The fourth-order valence-electron chi connectivity index (χ4n) is 2.76. The van der Waals surface area contributed by atoms with E-state index >= 15 is 0 Å². The van der Waals surface area contributed by atoms with Gasteiger partial charge in [-0.2, -0.15) is 0 Å². The quantitative estimate of drug-likeness (QED) is 0.929. The van der Waals surface area contributed by atoms with Crippen LogP contribution in [0.3, 0.4) is 0 Å². The monoisotopic (exact) mass is 292 g/mol. The number of hydrogen-bond donors (Lipinski definition) is 1. The van der Waals surface area contributed by atoms with E-state index in [0.29, 0.717) is 6.54 Å². The molecule has 1 N–H and O–H groups in total. The van der Waals surface area contributed by atoms with Gasteiger partial charge < -0.3 is 10.2 Å². The van der Waals surface area contributed by atoms with E-state index in [9.17, 15) is 4.79 Å². The molecule has 2 aromatic rings. The van der Waals surface area contributed by atoms with Crippen molar-refractivity contribution < 1.29 is 4.79 Å². The molecule has 0 fully saturated rings. The summed E-state index contributed by atoms with van der Waals surface area (Å²) >= 11 is 0. The maximum atomic E-state index is 12.5. The zero-order valence-electron chi connectivity index (χ0n) is 12.9. The molecule has 22 heavy (non-hydrogen) atoms. The number of benzene rings is 2. The number of amides is 1. The number of carbonyl (C=O) groups excluding carboxylic acids is 1. The lowest BCUT2D eigenvalue weighted by atomic mass is 10.1. The van der Waals surface area contributed by atoms with Gasteiger partial charge in [0.2, 0.25) is 0 Å². The van der Waals surface area contributed by atoms with E-state index in [2.05, 4.69) is 17.4 Å². The molecule has 1 heterocycles. The van der Waals surface area contributed by atoms with Crippen LogP contribution in [0, 0.1) is 0 Å². The molecule has 3 heteroatoms. The molecule has 0 spiro atoms. The number of para-hydroxylation sites is 1. The highest BCUT2D eigenvalue weighted by molar-refractivity contribution is 5.97. The van der Waals surface area contributed by atoms with Crippen molar-refractivity contribution in [3.05, 3.63) is 77.4 Å². The van der Waals surface area contributed by atoms with Gasteiger partial charge in [0.15, 0.2) is 0 Å². The smallest absolute Gasteiger partial charge is 0.251 e. The van der Waals surface area contributed by atoms with Crippen LogP contribution in [0.2, 0.25) is 0 Å². The Bertz CT molecular complexity index is 692. The second-order valence-corrected chi connectivity index (χ2v) is 5.64. The van der Waals surface area contributed by atoms with Crippen LogP contribution in [0.5, 0.6) is 0 Å². The maximum Gasteiger partial charge on any atom is 0.251 e. The minimum absolute atomic E-state index is 0.0879. The predicted octanol–water partition coefficient (Wildman–Crippen LogP) is 3.80. The van der Waals surface area contributed by atoms with Crippen LogP contribution < -0.4 is 5.32 Å². The molecule has 1 atom stereocenters. The minimum atomic E-state index is -0.0879. The number of nitrogens with zero attached hydrogens (tertiary/aromatic N) is 1. The molecule has 3 nitrogen and oxygen atoms in total. The van der Waals surface area contributed by atoms with Crippen LogP contribution in [0.25, 0.3) is 0 Å². The summed E-state index contributed by atoms with van der Waals surface area (Å²) < 4.78 is 0. The second kappa shape index (κ2) is 6.06. The fourth-order valence-corrected chi connectivity index (χ4v) is 2.76. The Morgan fingerprint density at radius 1 is 0.955 bits per heavy atom. The highest BCUT2D eigenvalue weighted by atomic mass is 16.2. The van der Waals surface area contributed by atoms with Crippen molar-refractivity contribution in [2.24, 2.45) is 0 Å². The average molecular weight is 292 g/mol.